The lowest BCUT2D eigenvalue weighted by atomic mass is 9.78. The van der Waals surface area contributed by atoms with Crippen LogP contribution in [0.5, 0.6) is 0 Å². The smallest absolute Gasteiger partial charge is 0.162 e. The third-order valence-electron chi connectivity index (χ3n) is 5.90. The molecule has 2 rings (SSSR count). The molecule has 0 saturated heterocycles. The molecule has 0 N–H and O–H groups in total. The van der Waals surface area contributed by atoms with E-state index in [1.54, 1.807) is 19.1 Å². The maximum atomic E-state index is 14.4. The second-order valence-electron chi connectivity index (χ2n) is 7.82. The molecule has 0 aromatic heterocycles. The van der Waals surface area contributed by atoms with E-state index in [-0.39, 0.29) is 5.92 Å². The van der Waals surface area contributed by atoms with Gasteiger partial charge < -0.3 is 0 Å². The van der Waals surface area contributed by atoms with Gasteiger partial charge in [0, 0.05) is 0 Å². The highest BCUT2D eigenvalue weighted by atomic mass is 19.2. The minimum absolute atomic E-state index is 0.152. The molecule has 25 heavy (non-hydrogen) atoms. The quantitative estimate of drug-likeness (QED) is 0.422. The van der Waals surface area contributed by atoms with Crippen molar-refractivity contribution in [1.29, 1.82) is 0 Å². The van der Waals surface area contributed by atoms with E-state index in [0.29, 0.717) is 11.1 Å². The van der Waals surface area contributed by atoms with Gasteiger partial charge in [0.2, 0.25) is 0 Å². The Kier molecular flexibility index (Phi) is 8.12. The van der Waals surface area contributed by atoms with Gasteiger partial charge in [0.15, 0.2) is 11.6 Å². The van der Waals surface area contributed by atoms with Gasteiger partial charge in [-0.15, -0.1) is 0 Å². The van der Waals surface area contributed by atoms with E-state index < -0.39 is 11.6 Å². The van der Waals surface area contributed by atoms with Crippen molar-refractivity contribution < 1.29 is 8.78 Å². The van der Waals surface area contributed by atoms with Gasteiger partial charge in [-0.3, -0.25) is 0 Å². The van der Waals surface area contributed by atoms with Gasteiger partial charge in [-0.2, -0.15) is 0 Å². The van der Waals surface area contributed by atoms with Crippen molar-refractivity contribution >= 4 is 0 Å². The summed E-state index contributed by atoms with van der Waals surface area (Å²) in [5.41, 5.74) is 0.983. The third-order valence-corrected chi connectivity index (χ3v) is 5.90. The van der Waals surface area contributed by atoms with Crippen molar-refractivity contribution in [3.05, 3.63) is 47.0 Å². The van der Waals surface area contributed by atoms with Crippen molar-refractivity contribution in [3.8, 4) is 0 Å². The molecule has 0 radical (unpaired) electrons. The Bertz CT molecular complexity index is 553. The van der Waals surface area contributed by atoms with Crippen LogP contribution < -0.4 is 0 Å². The molecule has 0 spiro atoms. The van der Waals surface area contributed by atoms with Gasteiger partial charge in [-0.1, -0.05) is 50.5 Å². The minimum atomic E-state index is -0.666. The van der Waals surface area contributed by atoms with Crippen LogP contribution in [0.4, 0.5) is 8.78 Å². The number of rotatable bonds is 8. The van der Waals surface area contributed by atoms with Gasteiger partial charge in [0.1, 0.15) is 0 Å². The van der Waals surface area contributed by atoms with Crippen molar-refractivity contribution in [2.24, 2.45) is 11.8 Å². The molecular formula is C23H34F2. The third kappa shape index (κ3) is 5.66. The average Bonchev–Trinajstić information content (AvgIpc) is 2.61. The molecule has 1 atom stereocenters. The van der Waals surface area contributed by atoms with Crippen molar-refractivity contribution in [3.63, 3.8) is 0 Å². The Labute approximate surface area is 152 Å². The van der Waals surface area contributed by atoms with E-state index in [4.69, 9.17) is 0 Å². The van der Waals surface area contributed by atoms with Gasteiger partial charge in [-0.05, 0) is 81.3 Å². The van der Waals surface area contributed by atoms with Crippen molar-refractivity contribution in [2.45, 2.75) is 84.5 Å². The first-order chi connectivity index (χ1) is 12.1. The summed E-state index contributed by atoms with van der Waals surface area (Å²) in [6.07, 6.45) is 15.1. The highest BCUT2D eigenvalue weighted by Gasteiger charge is 2.22. The summed E-state index contributed by atoms with van der Waals surface area (Å²) in [5.74, 6) is 0.466. The Balaban J connectivity index is 1.87. The predicted octanol–water partition coefficient (Wildman–Crippen LogP) is 7.71. The zero-order valence-electron chi connectivity index (χ0n) is 16.2. The van der Waals surface area contributed by atoms with E-state index in [9.17, 15) is 8.78 Å². The van der Waals surface area contributed by atoms with Crippen LogP contribution in [0.2, 0.25) is 0 Å². The van der Waals surface area contributed by atoms with E-state index in [0.717, 1.165) is 37.5 Å². The largest absolute Gasteiger partial charge is 0.203 e. The molecule has 1 aromatic carbocycles. The fourth-order valence-electron chi connectivity index (χ4n) is 4.37. The first kappa shape index (κ1) is 20.1. The summed E-state index contributed by atoms with van der Waals surface area (Å²) in [4.78, 5) is 0. The first-order valence-corrected chi connectivity index (χ1v) is 10.1. The molecule has 0 amide bonds. The fourth-order valence-corrected chi connectivity index (χ4v) is 4.37. The summed E-state index contributed by atoms with van der Waals surface area (Å²) in [6, 6.07) is 3.52. The zero-order chi connectivity index (χ0) is 18.2. The number of hydrogen-bond donors (Lipinski definition) is 0. The lowest BCUT2D eigenvalue weighted by molar-refractivity contribution is 0.286. The summed E-state index contributed by atoms with van der Waals surface area (Å²) in [6.45, 7) is 5.85. The molecule has 1 aliphatic carbocycles. The van der Waals surface area contributed by atoms with E-state index in [2.05, 4.69) is 26.0 Å². The second-order valence-corrected chi connectivity index (χ2v) is 7.82. The molecule has 1 saturated carbocycles. The van der Waals surface area contributed by atoms with Crippen LogP contribution in [0.25, 0.3) is 0 Å². The van der Waals surface area contributed by atoms with Crippen molar-refractivity contribution in [2.75, 3.05) is 0 Å². The predicted molar refractivity (Wildman–Crippen MR) is 103 cm³/mol. The molecule has 0 nitrogen and oxygen atoms in total. The molecular weight excluding hydrogens is 314 g/mol. The Hall–Kier alpha value is -1.18. The highest BCUT2D eigenvalue weighted by molar-refractivity contribution is 5.28. The van der Waals surface area contributed by atoms with Gasteiger partial charge in [0.05, 0.1) is 0 Å². The van der Waals surface area contributed by atoms with Gasteiger partial charge in [0.25, 0.3) is 0 Å². The molecule has 0 heterocycles. The number of benzene rings is 1. The summed E-state index contributed by atoms with van der Waals surface area (Å²) in [5, 5.41) is 0. The molecule has 2 heteroatoms. The van der Waals surface area contributed by atoms with Crippen LogP contribution >= 0.6 is 0 Å². The molecule has 1 fully saturated rings. The molecule has 1 aromatic rings. The maximum absolute atomic E-state index is 14.4. The van der Waals surface area contributed by atoms with Crippen LogP contribution in [-0.2, 0) is 0 Å². The lowest BCUT2D eigenvalue weighted by Crippen LogP contribution is -2.13. The van der Waals surface area contributed by atoms with Crippen LogP contribution in [0.3, 0.4) is 0 Å². The second kappa shape index (κ2) is 10.1. The monoisotopic (exact) mass is 348 g/mol. The Morgan fingerprint density at radius 2 is 1.80 bits per heavy atom. The molecule has 1 unspecified atom stereocenters. The number of halogens is 2. The van der Waals surface area contributed by atoms with E-state index in [1.807, 2.05) is 0 Å². The Morgan fingerprint density at radius 1 is 1.08 bits per heavy atom. The molecule has 0 bridgehead atoms. The molecule has 0 aliphatic heterocycles. The lowest BCUT2D eigenvalue weighted by Gasteiger charge is -2.27. The highest BCUT2D eigenvalue weighted by Crippen LogP contribution is 2.35. The molecule has 140 valence electrons. The normalized spacial score (nSPS) is 22.4. The molecule has 1 aliphatic rings. The van der Waals surface area contributed by atoms with E-state index >= 15 is 0 Å². The summed E-state index contributed by atoms with van der Waals surface area (Å²) in [7, 11) is 0. The summed E-state index contributed by atoms with van der Waals surface area (Å²) >= 11 is 0. The van der Waals surface area contributed by atoms with Crippen LogP contribution in [0.1, 0.15) is 88.7 Å². The topological polar surface area (TPSA) is 0 Å². The van der Waals surface area contributed by atoms with Gasteiger partial charge >= 0.3 is 0 Å². The zero-order valence-corrected chi connectivity index (χ0v) is 16.2. The minimum Gasteiger partial charge on any atom is -0.203 e. The standard InChI is InChI=1S/C23H34F2/c1-4-7-18-12-14-19(15-13-18)9-6-10-20(8-5-2)21-16-11-17(3)22(24)23(21)25/h4,7,11,16,18-20H,5-6,8-10,12-15H2,1-3H3. The SMILES string of the molecule is CC=CC1CCC(CCCC(CCC)c2ccc(C)c(F)c2F)CC1. The van der Waals surface area contributed by atoms with Crippen LogP contribution in [-0.4, -0.2) is 0 Å². The van der Waals surface area contributed by atoms with Crippen LogP contribution in [0, 0.1) is 30.4 Å². The van der Waals surface area contributed by atoms with Crippen LogP contribution in [0.15, 0.2) is 24.3 Å². The number of aryl methyl sites for hydroxylation is 1. The number of allylic oxidation sites excluding steroid dienone is 2. The maximum Gasteiger partial charge on any atom is 0.162 e. The first-order valence-electron chi connectivity index (χ1n) is 10.1. The average molecular weight is 349 g/mol. The van der Waals surface area contributed by atoms with Gasteiger partial charge in [-0.25, -0.2) is 8.78 Å². The van der Waals surface area contributed by atoms with E-state index in [1.165, 1.54) is 32.1 Å². The Morgan fingerprint density at radius 3 is 2.44 bits per heavy atom. The van der Waals surface area contributed by atoms with Crippen molar-refractivity contribution in [1.82, 2.24) is 0 Å². The fraction of sp³-hybridized carbons (Fsp3) is 0.652. The number of hydrogen-bond acceptors (Lipinski definition) is 0. The summed E-state index contributed by atoms with van der Waals surface area (Å²) < 4.78 is 28.3.